The van der Waals surface area contributed by atoms with Crippen LogP contribution in [0.1, 0.15) is 74.0 Å². The third-order valence-electron chi connectivity index (χ3n) is 5.95. The maximum atomic E-state index is 12.7. The Morgan fingerprint density at radius 2 is 2.07 bits per heavy atom. The van der Waals surface area contributed by atoms with E-state index in [2.05, 4.69) is 15.3 Å². The van der Waals surface area contributed by atoms with Gasteiger partial charge in [0.1, 0.15) is 17.5 Å². The third kappa shape index (κ3) is 4.37. The summed E-state index contributed by atoms with van der Waals surface area (Å²) in [5.41, 5.74) is 0.781. The van der Waals surface area contributed by atoms with Crippen molar-refractivity contribution in [2.45, 2.75) is 69.9 Å². The molecule has 3 saturated carbocycles. The molecule has 0 bridgehead atoms. The van der Waals surface area contributed by atoms with Crippen LogP contribution in [0.15, 0.2) is 17.7 Å². The summed E-state index contributed by atoms with van der Waals surface area (Å²) >= 11 is 0. The smallest absolute Gasteiger partial charge is 0.258 e. The number of carbonyl (C=O) groups is 1. The van der Waals surface area contributed by atoms with Crippen LogP contribution >= 0.6 is 0 Å². The maximum absolute atomic E-state index is 12.7. The van der Waals surface area contributed by atoms with Crippen LogP contribution in [-0.2, 0) is 9.84 Å². The minimum atomic E-state index is -3.24. The van der Waals surface area contributed by atoms with Gasteiger partial charge in [-0.3, -0.25) is 4.79 Å². The second-order valence-corrected chi connectivity index (χ2v) is 10.6. The number of amides is 1. The fraction of sp³-hybridized carbons (Fsp3) is 0.650. The highest BCUT2D eigenvalue weighted by atomic mass is 32.2. The van der Waals surface area contributed by atoms with Crippen LogP contribution < -0.4 is 10.1 Å². The monoisotopic (exact) mass is 405 g/mol. The standard InChI is InChI=1S/C20H27N3O4S/c1-13(6-9-28(2,25)26)22-18(24)16-12-21-17(14-4-5-14)23-19(16)27-15-10-20(11-15)7-3-8-20/h6,9,12-15H,3-5,7-8,10-11H2,1-2H3,(H,22,24). The Morgan fingerprint density at radius 3 is 2.64 bits per heavy atom. The molecule has 4 rings (SSSR count). The molecule has 0 aliphatic heterocycles. The Bertz CT molecular complexity index is 896. The number of rotatable bonds is 7. The summed E-state index contributed by atoms with van der Waals surface area (Å²) in [4.78, 5) is 21.6. The summed E-state index contributed by atoms with van der Waals surface area (Å²) in [7, 11) is -3.24. The minimum absolute atomic E-state index is 0.108. The van der Waals surface area contributed by atoms with E-state index in [1.54, 1.807) is 6.92 Å². The van der Waals surface area contributed by atoms with E-state index in [0.717, 1.165) is 43.2 Å². The lowest BCUT2D eigenvalue weighted by molar-refractivity contribution is -0.0699. The molecule has 0 saturated heterocycles. The molecule has 8 heteroatoms. The largest absolute Gasteiger partial charge is 0.474 e. The van der Waals surface area contributed by atoms with Crippen LogP contribution in [0.3, 0.4) is 0 Å². The van der Waals surface area contributed by atoms with Gasteiger partial charge in [-0.05, 0) is 50.9 Å². The molecule has 1 spiro atoms. The van der Waals surface area contributed by atoms with Crippen molar-refractivity contribution in [3.8, 4) is 5.88 Å². The van der Waals surface area contributed by atoms with Gasteiger partial charge in [-0.1, -0.05) is 12.5 Å². The number of carbonyl (C=O) groups excluding carboxylic acids is 1. The van der Waals surface area contributed by atoms with Gasteiger partial charge in [0.25, 0.3) is 5.91 Å². The quantitative estimate of drug-likeness (QED) is 0.749. The fourth-order valence-electron chi connectivity index (χ4n) is 3.99. The van der Waals surface area contributed by atoms with E-state index in [1.165, 1.54) is 31.5 Å². The SMILES string of the molecule is CC(C=CS(C)(=O)=O)NC(=O)c1cnc(C2CC2)nc1OC1CC2(CCC2)C1. The van der Waals surface area contributed by atoms with E-state index in [0.29, 0.717) is 22.8 Å². The first-order valence-corrected chi connectivity index (χ1v) is 11.9. The van der Waals surface area contributed by atoms with Gasteiger partial charge in [-0.2, -0.15) is 4.98 Å². The van der Waals surface area contributed by atoms with E-state index in [9.17, 15) is 13.2 Å². The Kier molecular flexibility index (Phi) is 4.93. The van der Waals surface area contributed by atoms with Crippen molar-refractivity contribution in [1.29, 1.82) is 0 Å². The topological polar surface area (TPSA) is 98.2 Å². The Morgan fingerprint density at radius 1 is 1.36 bits per heavy atom. The summed E-state index contributed by atoms with van der Waals surface area (Å²) in [5.74, 6) is 1.11. The summed E-state index contributed by atoms with van der Waals surface area (Å²) in [5, 5.41) is 3.86. The van der Waals surface area contributed by atoms with E-state index in [4.69, 9.17) is 4.74 Å². The van der Waals surface area contributed by atoms with Crippen molar-refractivity contribution in [2.75, 3.05) is 6.26 Å². The average molecular weight is 406 g/mol. The second kappa shape index (κ2) is 7.13. The lowest BCUT2D eigenvalue weighted by atomic mass is 9.55. The number of nitrogens with zero attached hydrogens (tertiary/aromatic N) is 2. The number of aromatic nitrogens is 2. The summed E-state index contributed by atoms with van der Waals surface area (Å²) in [6, 6.07) is -0.444. The highest BCUT2D eigenvalue weighted by molar-refractivity contribution is 7.93. The van der Waals surface area contributed by atoms with Gasteiger partial charge in [0.2, 0.25) is 5.88 Å². The molecule has 1 unspecified atom stereocenters. The van der Waals surface area contributed by atoms with E-state index in [1.807, 2.05) is 0 Å². The first-order valence-electron chi connectivity index (χ1n) is 9.96. The van der Waals surface area contributed by atoms with Crippen LogP contribution in [0.2, 0.25) is 0 Å². The highest BCUT2D eigenvalue weighted by Gasteiger charge is 2.49. The Labute approximate surface area is 165 Å². The van der Waals surface area contributed by atoms with Crippen LogP contribution in [0.25, 0.3) is 0 Å². The molecule has 152 valence electrons. The summed E-state index contributed by atoms with van der Waals surface area (Å²) in [6.07, 6.45) is 12.3. The second-order valence-electron chi connectivity index (χ2n) is 8.64. The maximum Gasteiger partial charge on any atom is 0.258 e. The first kappa shape index (κ1) is 19.4. The number of hydrogen-bond donors (Lipinski definition) is 1. The molecule has 1 aromatic heterocycles. The van der Waals surface area contributed by atoms with Crippen molar-refractivity contribution < 1.29 is 17.9 Å². The van der Waals surface area contributed by atoms with Crippen molar-refractivity contribution in [1.82, 2.24) is 15.3 Å². The molecule has 1 heterocycles. The average Bonchev–Trinajstić information content (AvgIpc) is 3.38. The first-order chi connectivity index (χ1) is 13.2. The number of sulfone groups is 1. The molecular weight excluding hydrogens is 378 g/mol. The minimum Gasteiger partial charge on any atom is -0.474 e. The lowest BCUT2D eigenvalue weighted by Crippen LogP contribution is -2.48. The Balaban J connectivity index is 1.47. The van der Waals surface area contributed by atoms with Gasteiger partial charge in [-0.25, -0.2) is 13.4 Å². The van der Waals surface area contributed by atoms with Crippen molar-refractivity contribution in [3.05, 3.63) is 29.1 Å². The van der Waals surface area contributed by atoms with Crippen LogP contribution in [-0.4, -0.2) is 42.7 Å². The zero-order valence-corrected chi connectivity index (χ0v) is 17.2. The predicted octanol–water partition coefficient (Wildman–Crippen LogP) is 2.74. The molecular formula is C20H27N3O4S. The zero-order valence-electron chi connectivity index (χ0n) is 16.3. The molecule has 3 aliphatic rings. The summed E-state index contributed by atoms with van der Waals surface area (Å²) in [6.45, 7) is 1.71. The number of nitrogens with one attached hydrogen (secondary N) is 1. The number of hydrogen-bond acceptors (Lipinski definition) is 6. The van der Waals surface area contributed by atoms with Gasteiger partial charge in [-0.15, -0.1) is 0 Å². The fourth-order valence-corrected chi connectivity index (χ4v) is 4.51. The van der Waals surface area contributed by atoms with E-state index in [-0.39, 0.29) is 12.0 Å². The molecule has 3 aliphatic carbocycles. The molecule has 1 aromatic rings. The van der Waals surface area contributed by atoms with Crippen molar-refractivity contribution in [2.24, 2.45) is 5.41 Å². The van der Waals surface area contributed by atoms with E-state index >= 15 is 0 Å². The van der Waals surface area contributed by atoms with Gasteiger partial charge in [0.05, 0.1) is 0 Å². The van der Waals surface area contributed by atoms with Gasteiger partial charge in [0.15, 0.2) is 9.84 Å². The summed E-state index contributed by atoms with van der Waals surface area (Å²) < 4.78 is 28.6. The number of ether oxygens (including phenoxy) is 1. The highest BCUT2D eigenvalue weighted by Crippen LogP contribution is 2.56. The predicted molar refractivity (Wildman–Crippen MR) is 105 cm³/mol. The van der Waals surface area contributed by atoms with Crippen molar-refractivity contribution >= 4 is 15.7 Å². The molecule has 3 fully saturated rings. The molecule has 1 atom stereocenters. The van der Waals surface area contributed by atoms with Gasteiger partial charge >= 0.3 is 0 Å². The molecule has 0 aromatic carbocycles. The molecule has 1 amide bonds. The third-order valence-corrected chi connectivity index (χ3v) is 6.60. The van der Waals surface area contributed by atoms with E-state index < -0.39 is 15.9 Å². The van der Waals surface area contributed by atoms with Crippen LogP contribution in [0.4, 0.5) is 0 Å². The molecule has 7 nitrogen and oxygen atoms in total. The van der Waals surface area contributed by atoms with Crippen LogP contribution in [0.5, 0.6) is 5.88 Å². The van der Waals surface area contributed by atoms with Crippen LogP contribution in [0, 0.1) is 5.41 Å². The van der Waals surface area contributed by atoms with Crippen molar-refractivity contribution in [3.63, 3.8) is 0 Å². The molecule has 0 radical (unpaired) electrons. The Hall–Kier alpha value is -1.96. The lowest BCUT2D eigenvalue weighted by Gasteiger charge is -2.53. The van der Waals surface area contributed by atoms with Gasteiger partial charge in [0, 0.05) is 29.8 Å². The molecule has 1 N–H and O–H groups in total. The van der Waals surface area contributed by atoms with Gasteiger partial charge < -0.3 is 10.1 Å². The normalized spacial score (nSPS) is 22.5. The molecule has 28 heavy (non-hydrogen) atoms. The zero-order chi connectivity index (χ0) is 19.9.